The Kier molecular flexibility index (Phi) is 3.61. The summed E-state index contributed by atoms with van der Waals surface area (Å²) in [6.45, 7) is 4.00. The van der Waals surface area contributed by atoms with E-state index < -0.39 is 0 Å². The van der Waals surface area contributed by atoms with Gasteiger partial charge in [0.2, 0.25) is 0 Å². The molecule has 1 aliphatic carbocycles. The van der Waals surface area contributed by atoms with Gasteiger partial charge in [0.05, 0.1) is 16.2 Å². The van der Waals surface area contributed by atoms with E-state index in [1.54, 1.807) is 23.2 Å². The Hall–Kier alpha value is -1.60. The third kappa shape index (κ3) is 2.33. The standard InChI is InChI=1S/C17H18N2O3S2/c1-17(2)5-3-10-13(16(17)20)14(15-11(18-10)4-6-23-15)12-7-9(8-24-12)19(21)22/h7-8,14,18H,3-6H2,1-2H3. The molecular formula is C17H18N2O3S2. The van der Waals surface area contributed by atoms with Crippen LogP contribution in [0.2, 0.25) is 0 Å². The van der Waals surface area contributed by atoms with Crippen LogP contribution >= 0.6 is 23.1 Å². The van der Waals surface area contributed by atoms with Gasteiger partial charge < -0.3 is 5.32 Å². The minimum absolute atomic E-state index is 0.114. The highest BCUT2D eigenvalue weighted by atomic mass is 32.2. The molecule has 0 aromatic carbocycles. The zero-order chi connectivity index (χ0) is 17.1. The van der Waals surface area contributed by atoms with Crippen LogP contribution < -0.4 is 5.32 Å². The number of dihydropyridines is 1. The molecule has 3 aliphatic rings. The Labute approximate surface area is 148 Å². The highest BCUT2D eigenvalue weighted by Gasteiger charge is 2.45. The summed E-state index contributed by atoms with van der Waals surface area (Å²) in [6, 6.07) is 1.64. The molecule has 0 fully saturated rings. The second-order valence-electron chi connectivity index (χ2n) is 7.07. The number of carbonyl (C=O) groups excluding carboxylic acids is 1. The van der Waals surface area contributed by atoms with E-state index in [1.807, 2.05) is 13.8 Å². The van der Waals surface area contributed by atoms with E-state index in [9.17, 15) is 14.9 Å². The van der Waals surface area contributed by atoms with E-state index >= 15 is 0 Å². The molecule has 24 heavy (non-hydrogen) atoms. The molecule has 126 valence electrons. The quantitative estimate of drug-likeness (QED) is 0.626. The lowest BCUT2D eigenvalue weighted by atomic mass is 9.70. The van der Waals surface area contributed by atoms with Crippen molar-refractivity contribution in [3.63, 3.8) is 0 Å². The number of nitrogens with one attached hydrogen (secondary N) is 1. The minimum Gasteiger partial charge on any atom is -0.361 e. The number of allylic oxidation sites excluding steroid dienone is 4. The summed E-state index contributed by atoms with van der Waals surface area (Å²) in [5.41, 5.74) is 2.80. The van der Waals surface area contributed by atoms with Gasteiger partial charge in [-0.05, 0) is 19.3 Å². The van der Waals surface area contributed by atoms with E-state index in [1.165, 1.54) is 21.9 Å². The van der Waals surface area contributed by atoms with E-state index in [-0.39, 0.29) is 27.7 Å². The van der Waals surface area contributed by atoms with Gasteiger partial charge >= 0.3 is 0 Å². The summed E-state index contributed by atoms with van der Waals surface area (Å²) in [4.78, 5) is 25.9. The fraction of sp³-hybridized carbons (Fsp3) is 0.471. The highest BCUT2D eigenvalue weighted by Crippen LogP contribution is 2.53. The van der Waals surface area contributed by atoms with Gasteiger partial charge in [-0.25, -0.2) is 0 Å². The van der Waals surface area contributed by atoms with Crippen molar-refractivity contribution in [1.29, 1.82) is 0 Å². The van der Waals surface area contributed by atoms with Crippen LogP contribution in [0.1, 0.15) is 43.9 Å². The fourth-order valence-corrected chi connectivity index (χ4v) is 5.96. The number of Topliss-reactive ketones (excluding diaryl/α,β-unsaturated/α-hetero) is 1. The number of ketones is 1. The highest BCUT2D eigenvalue weighted by molar-refractivity contribution is 8.03. The zero-order valence-corrected chi connectivity index (χ0v) is 15.2. The number of nitrogens with zero attached hydrogens (tertiary/aromatic N) is 1. The van der Waals surface area contributed by atoms with Crippen LogP contribution in [0, 0.1) is 15.5 Å². The molecule has 0 spiro atoms. The molecule has 0 amide bonds. The molecule has 0 saturated heterocycles. The third-order valence-corrected chi connectivity index (χ3v) is 7.23. The van der Waals surface area contributed by atoms with Crippen LogP contribution in [0.5, 0.6) is 0 Å². The number of carbonyl (C=O) groups is 1. The van der Waals surface area contributed by atoms with E-state index in [2.05, 4.69) is 5.32 Å². The van der Waals surface area contributed by atoms with Crippen molar-refractivity contribution in [1.82, 2.24) is 5.32 Å². The summed E-state index contributed by atoms with van der Waals surface area (Å²) >= 11 is 3.16. The topological polar surface area (TPSA) is 72.2 Å². The molecule has 1 atom stereocenters. The minimum atomic E-state index is -0.372. The van der Waals surface area contributed by atoms with Gasteiger partial charge in [-0.1, -0.05) is 13.8 Å². The SMILES string of the molecule is CC1(C)CCC2=C(C1=O)C(c1cc([N+](=O)[O-])cs1)C1=C(CCS1)N2. The largest absolute Gasteiger partial charge is 0.361 e. The normalized spacial score (nSPS) is 25.4. The molecule has 7 heteroatoms. The van der Waals surface area contributed by atoms with Crippen LogP contribution in [0.25, 0.3) is 0 Å². The predicted octanol–water partition coefficient (Wildman–Crippen LogP) is 4.33. The van der Waals surface area contributed by atoms with Gasteiger partial charge in [0.15, 0.2) is 5.78 Å². The van der Waals surface area contributed by atoms with Crippen molar-refractivity contribution < 1.29 is 9.72 Å². The summed E-state index contributed by atoms with van der Waals surface area (Å²) in [5, 5.41) is 16.2. The van der Waals surface area contributed by atoms with Crippen LogP contribution in [-0.4, -0.2) is 16.5 Å². The van der Waals surface area contributed by atoms with Gasteiger partial charge in [-0.3, -0.25) is 14.9 Å². The van der Waals surface area contributed by atoms with E-state index in [0.717, 1.165) is 41.2 Å². The molecule has 5 nitrogen and oxygen atoms in total. The van der Waals surface area contributed by atoms with Crippen molar-refractivity contribution in [2.24, 2.45) is 5.41 Å². The van der Waals surface area contributed by atoms with E-state index in [0.29, 0.717) is 0 Å². The Morgan fingerprint density at radius 3 is 2.83 bits per heavy atom. The Bertz CT molecular complexity index is 820. The zero-order valence-electron chi connectivity index (χ0n) is 13.5. The van der Waals surface area contributed by atoms with Gasteiger partial charge in [0.1, 0.15) is 0 Å². The van der Waals surface area contributed by atoms with Gasteiger partial charge in [-0.15, -0.1) is 23.1 Å². The predicted molar refractivity (Wildman–Crippen MR) is 96.0 cm³/mol. The number of nitro groups is 1. The summed E-state index contributed by atoms with van der Waals surface area (Å²) in [6.07, 6.45) is 2.67. The summed E-state index contributed by atoms with van der Waals surface area (Å²) in [5.74, 6) is 1.05. The first-order chi connectivity index (χ1) is 11.4. The van der Waals surface area contributed by atoms with Crippen molar-refractivity contribution in [3.05, 3.63) is 48.3 Å². The Balaban J connectivity index is 1.85. The Morgan fingerprint density at radius 1 is 1.33 bits per heavy atom. The van der Waals surface area contributed by atoms with Crippen LogP contribution in [0.15, 0.2) is 33.3 Å². The number of thiophene rings is 1. The first-order valence-corrected chi connectivity index (χ1v) is 9.88. The molecule has 0 bridgehead atoms. The molecule has 3 heterocycles. The molecule has 1 aromatic rings. The molecule has 1 aromatic heterocycles. The third-order valence-electron chi connectivity index (χ3n) is 5.05. The monoisotopic (exact) mass is 362 g/mol. The van der Waals surface area contributed by atoms with E-state index in [4.69, 9.17) is 0 Å². The number of rotatable bonds is 2. The fourth-order valence-electron chi connectivity index (χ4n) is 3.65. The molecule has 1 unspecified atom stereocenters. The first kappa shape index (κ1) is 15.9. The van der Waals surface area contributed by atoms with Crippen molar-refractivity contribution in [3.8, 4) is 0 Å². The second-order valence-corrected chi connectivity index (χ2v) is 9.15. The molecule has 0 radical (unpaired) electrons. The lowest BCUT2D eigenvalue weighted by Crippen LogP contribution is -2.38. The number of hydrogen-bond acceptors (Lipinski definition) is 6. The van der Waals surface area contributed by atoms with Crippen molar-refractivity contribution in [2.75, 3.05) is 5.75 Å². The maximum atomic E-state index is 13.1. The molecule has 1 N–H and O–H groups in total. The number of hydrogen-bond donors (Lipinski definition) is 1. The molecule has 0 saturated carbocycles. The lowest BCUT2D eigenvalue weighted by molar-refractivity contribution is -0.384. The summed E-state index contributed by atoms with van der Waals surface area (Å²) < 4.78 is 0. The molecular weight excluding hydrogens is 344 g/mol. The smallest absolute Gasteiger partial charge is 0.280 e. The Morgan fingerprint density at radius 2 is 2.12 bits per heavy atom. The van der Waals surface area contributed by atoms with Crippen LogP contribution in [0.3, 0.4) is 0 Å². The van der Waals surface area contributed by atoms with Crippen LogP contribution in [0.4, 0.5) is 5.69 Å². The molecule has 2 aliphatic heterocycles. The van der Waals surface area contributed by atoms with Gasteiger partial charge in [-0.2, -0.15) is 0 Å². The van der Waals surface area contributed by atoms with Gasteiger partial charge in [0.25, 0.3) is 5.69 Å². The summed E-state index contributed by atoms with van der Waals surface area (Å²) in [7, 11) is 0. The van der Waals surface area contributed by atoms with Crippen molar-refractivity contribution >= 4 is 34.6 Å². The average Bonchev–Trinajstić information content (AvgIpc) is 3.18. The number of thioether (sulfide) groups is 1. The van der Waals surface area contributed by atoms with Crippen molar-refractivity contribution in [2.45, 2.75) is 39.0 Å². The first-order valence-electron chi connectivity index (χ1n) is 8.02. The second kappa shape index (κ2) is 5.46. The average molecular weight is 362 g/mol. The van der Waals surface area contributed by atoms with Crippen LogP contribution in [-0.2, 0) is 4.79 Å². The lowest BCUT2D eigenvalue weighted by Gasteiger charge is -2.38. The maximum Gasteiger partial charge on any atom is 0.280 e. The molecule has 4 rings (SSSR count). The van der Waals surface area contributed by atoms with Gasteiger partial charge in [0, 0.05) is 44.0 Å². The maximum absolute atomic E-state index is 13.1.